The third-order valence-corrected chi connectivity index (χ3v) is 2.83. The number of carbonyl (C=O) groups excluding carboxylic acids is 1. The third kappa shape index (κ3) is 2.10. The SMILES string of the molecule is O=C1CCN(c2ccc(S)cc2)CC1. The van der Waals surface area contributed by atoms with Crippen LogP contribution in [0.15, 0.2) is 29.2 Å². The van der Waals surface area contributed by atoms with Crippen molar-refractivity contribution in [3.63, 3.8) is 0 Å². The maximum absolute atomic E-state index is 11.1. The van der Waals surface area contributed by atoms with Crippen LogP contribution < -0.4 is 4.90 Å². The number of Topliss-reactive ketones (excluding diaryl/α,β-unsaturated/α-hetero) is 1. The van der Waals surface area contributed by atoms with Gasteiger partial charge in [-0.05, 0) is 24.3 Å². The number of nitrogens with zero attached hydrogens (tertiary/aromatic N) is 1. The molecule has 0 atom stereocenters. The van der Waals surface area contributed by atoms with E-state index >= 15 is 0 Å². The predicted molar refractivity (Wildman–Crippen MR) is 60.1 cm³/mol. The molecule has 1 aromatic carbocycles. The molecule has 0 unspecified atom stereocenters. The molecule has 1 aromatic rings. The van der Waals surface area contributed by atoms with Crippen LogP contribution in [0.3, 0.4) is 0 Å². The minimum absolute atomic E-state index is 0.382. The molecular weight excluding hydrogens is 194 g/mol. The number of thiol groups is 1. The smallest absolute Gasteiger partial charge is 0.136 e. The van der Waals surface area contributed by atoms with E-state index in [2.05, 4.69) is 29.7 Å². The van der Waals surface area contributed by atoms with Crippen molar-refractivity contribution >= 4 is 24.1 Å². The van der Waals surface area contributed by atoms with E-state index in [1.807, 2.05) is 12.1 Å². The molecule has 1 saturated heterocycles. The number of ketones is 1. The van der Waals surface area contributed by atoms with Crippen LogP contribution in [0.25, 0.3) is 0 Å². The van der Waals surface area contributed by atoms with Crippen molar-refractivity contribution in [1.29, 1.82) is 0 Å². The van der Waals surface area contributed by atoms with Crippen LogP contribution in [0.4, 0.5) is 5.69 Å². The van der Waals surface area contributed by atoms with Crippen molar-refractivity contribution in [3.05, 3.63) is 24.3 Å². The van der Waals surface area contributed by atoms with Crippen LogP contribution in [-0.4, -0.2) is 18.9 Å². The van der Waals surface area contributed by atoms with Gasteiger partial charge < -0.3 is 4.90 Å². The molecule has 1 aliphatic rings. The molecule has 0 radical (unpaired) electrons. The van der Waals surface area contributed by atoms with E-state index in [0.29, 0.717) is 18.6 Å². The van der Waals surface area contributed by atoms with E-state index in [1.54, 1.807) is 0 Å². The molecule has 0 aromatic heterocycles. The Morgan fingerprint density at radius 3 is 2.21 bits per heavy atom. The molecular formula is C11H13NOS. The molecule has 0 bridgehead atoms. The van der Waals surface area contributed by atoms with Gasteiger partial charge in [-0.3, -0.25) is 4.79 Å². The lowest BCUT2D eigenvalue weighted by Crippen LogP contribution is -2.33. The maximum Gasteiger partial charge on any atom is 0.136 e. The molecule has 1 aliphatic heterocycles. The highest BCUT2D eigenvalue weighted by molar-refractivity contribution is 7.80. The molecule has 14 heavy (non-hydrogen) atoms. The van der Waals surface area contributed by atoms with E-state index in [1.165, 1.54) is 5.69 Å². The molecule has 3 heteroatoms. The number of rotatable bonds is 1. The third-order valence-electron chi connectivity index (χ3n) is 2.54. The lowest BCUT2D eigenvalue weighted by Gasteiger charge is -2.28. The summed E-state index contributed by atoms with van der Waals surface area (Å²) in [6.45, 7) is 1.70. The average Bonchev–Trinajstić information content (AvgIpc) is 2.21. The largest absolute Gasteiger partial charge is 0.371 e. The molecule has 74 valence electrons. The monoisotopic (exact) mass is 207 g/mol. The fourth-order valence-corrected chi connectivity index (χ4v) is 1.83. The number of hydrogen-bond donors (Lipinski definition) is 1. The molecule has 0 aliphatic carbocycles. The van der Waals surface area contributed by atoms with E-state index in [-0.39, 0.29) is 0 Å². The van der Waals surface area contributed by atoms with Crippen LogP contribution in [0.1, 0.15) is 12.8 Å². The Kier molecular flexibility index (Phi) is 2.77. The molecule has 2 rings (SSSR count). The second-order valence-corrected chi connectivity index (χ2v) is 4.06. The second kappa shape index (κ2) is 4.05. The highest BCUT2D eigenvalue weighted by Gasteiger charge is 2.15. The topological polar surface area (TPSA) is 20.3 Å². The van der Waals surface area contributed by atoms with Crippen LogP contribution in [0.2, 0.25) is 0 Å². The van der Waals surface area contributed by atoms with Crippen molar-refractivity contribution in [3.8, 4) is 0 Å². The Bertz CT molecular complexity index is 324. The van der Waals surface area contributed by atoms with Gasteiger partial charge in [-0.25, -0.2) is 0 Å². The highest BCUT2D eigenvalue weighted by Crippen LogP contribution is 2.19. The van der Waals surface area contributed by atoms with Crippen LogP contribution in [0.5, 0.6) is 0 Å². The zero-order chi connectivity index (χ0) is 9.97. The quantitative estimate of drug-likeness (QED) is 0.712. The fraction of sp³-hybridized carbons (Fsp3) is 0.364. The summed E-state index contributed by atoms with van der Waals surface area (Å²) in [5, 5.41) is 0. The molecule has 0 spiro atoms. The molecule has 0 N–H and O–H groups in total. The Balaban J connectivity index is 2.08. The first-order valence-electron chi connectivity index (χ1n) is 4.81. The van der Waals surface area contributed by atoms with Crippen LogP contribution in [-0.2, 0) is 4.79 Å². The van der Waals surface area contributed by atoms with E-state index in [4.69, 9.17) is 0 Å². The summed E-state index contributed by atoms with van der Waals surface area (Å²) in [6.07, 6.45) is 1.37. The van der Waals surface area contributed by atoms with Crippen LogP contribution in [0, 0.1) is 0 Å². The van der Waals surface area contributed by atoms with Crippen molar-refractivity contribution in [2.75, 3.05) is 18.0 Å². The summed E-state index contributed by atoms with van der Waals surface area (Å²) in [6, 6.07) is 8.07. The normalized spacial score (nSPS) is 17.2. The Labute approximate surface area is 89.3 Å². The number of anilines is 1. The first-order valence-corrected chi connectivity index (χ1v) is 5.26. The van der Waals surface area contributed by atoms with Gasteiger partial charge >= 0.3 is 0 Å². The number of carbonyl (C=O) groups is 1. The number of benzene rings is 1. The number of piperidine rings is 1. The molecule has 0 amide bonds. The lowest BCUT2D eigenvalue weighted by atomic mass is 10.1. The van der Waals surface area contributed by atoms with Gasteiger partial charge in [0.05, 0.1) is 0 Å². The zero-order valence-electron chi connectivity index (χ0n) is 7.94. The molecule has 2 nitrogen and oxygen atoms in total. The van der Waals surface area contributed by atoms with Gasteiger partial charge in [0, 0.05) is 36.5 Å². The standard InChI is InChI=1S/C11H13NOS/c13-10-5-7-12(8-6-10)9-1-3-11(14)4-2-9/h1-4,14H,5-8H2. The summed E-state index contributed by atoms with van der Waals surface area (Å²) >= 11 is 4.24. The van der Waals surface area contributed by atoms with Crippen molar-refractivity contribution < 1.29 is 4.79 Å². The molecule has 1 fully saturated rings. The average molecular weight is 207 g/mol. The Hall–Kier alpha value is -0.960. The minimum Gasteiger partial charge on any atom is -0.371 e. The van der Waals surface area contributed by atoms with Gasteiger partial charge in [-0.1, -0.05) is 0 Å². The van der Waals surface area contributed by atoms with E-state index < -0.39 is 0 Å². The first kappa shape index (κ1) is 9.59. The molecule has 1 heterocycles. The predicted octanol–water partition coefficient (Wildman–Crippen LogP) is 2.14. The van der Waals surface area contributed by atoms with Crippen molar-refractivity contribution in [2.24, 2.45) is 0 Å². The lowest BCUT2D eigenvalue weighted by molar-refractivity contribution is -0.119. The van der Waals surface area contributed by atoms with E-state index in [9.17, 15) is 4.79 Å². The maximum atomic E-state index is 11.1. The highest BCUT2D eigenvalue weighted by atomic mass is 32.1. The Morgan fingerprint density at radius 1 is 1.07 bits per heavy atom. The van der Waals surface area contributed by atoms with Crippen molar-refractivity contribution in [1.82, 2.24) is 0 Å². The summed E-state index contributed by atoms with van der Waals surface area (Å²) in [5.74, 6) is 0.382. The zero-order valence-corrected chi connectivity index (χ0v) is 8.83. The first-order chi connectivity index (χ1) is 6.75. The van der Waals surface area contributed by atoms with Crippen LogP contribution >= 0.6 is 12.6 Å². The second-order valence-electron chi connectivity index (χ2n) is 3.54. The van der Waals surface area contributed by atoms with Gasteiger partial charge in [0.25, 0.3) is 0 Å². The van der Waals surface area contributed by atoms with Gasteiger partial charge in [-0.2, -0.15) is 0 Å². The summed E-state index contributed by atoms with van der Waals surface area (Å²) < 4.78 is 0. The fourth-order valence-electron chi connectivity index (χ4n) is 1.68. The Morgan fingerprint density at radius 2 is 1.64 bits per heavy atom. The molecule has 0 saturated carbocycles. The van der Waals surface area contributed by atoms with Gasteiger partial charge in [0.2, 0.25) is 0 Å². The minimum atomic E-state index is 0.382. The summed E-state index contributed by atoms with van der Waals surface area (Å²) in [4.78, 5) is 14.3. The van der Waals surface area contributed by atoms with Gasteiger partial charge in [0.1, 0.15) is 5.78 Å². The van der Waals surface area contributed by atoms with Gasteiger partial charge in [-0.15, -0.1) is 12.6 Å². The van der Waals surface area contributed by atoms with Gasteiger partial charge in [0.15, 0.2) is 0 Å². The summed E-state index contributed by atoms with van der Waals surface area (Å²) in [5.41, 5.74) is 1.19. The summed E-state index contributed by atoms with van der Waals surface area (Å²) in [7, 11) is 0. The van der Waals surface area contributed by atoms with E-state index in [0.717, 1.165) is 18.0 Å². The van der Waals surface area contributed by atoms with Crippen molar-refractivity contribution in [2.45, 2.75) is 17.7 Å². The number of hydrogen-bond acceptors (Lipinski definition) is 3.